The molecule has 0 aromatic heterocycles. The molecule has 0 spiro atoms. The number of halogens is 3. The normalized spacial score (nSPS) is 12.3. The van der Waals surface area contributed by atoms with Gasteiger partial charge in [0.2, 0.25) is 0 Å². The topological polar surface area (TPSA) is 49.3 Å². The molecule has 1 rings (SSSR count). The lowest BCUT2D eigenvalue weighted by Crippen LogP contribution is -2.15. The Balaban J connectivity index is 2.94. The van der Waals surface area contributed by atoms with Gasteiger partial charge in [0.25, 0.3) is 0 Å². The summed E-state index contributed by atoms with van der Waals surface area (Å²) in [5.74, 6) is -1.38. The maximum Gasteiger partial charge on any atom is 0.416 e. The molecule has 6 heteroatoms. The summed E-state index contributed by atoms with van der Waals surface area (Å²) in [6.45, 7) is 6.58. The van der Waals surface area contributed by atoms with Crippen LogP contribution in [0, 0.1) is 5.41 Å². The molecule has 0 bridgehead atoms. The van der Waals surface area contributed by atoms with E-state index in [-0.39, 0.29) is 16.7 Å². The van der Waals surface area contributed by atoms with E-state index in [0.29, 0.717) is 12.6 Å². The highest BCUT2D eigenvalue weighted by Crippen LogP contribution is 2.32. The maximum absolute atomic E-state index is 12.6. The molecule has 1 aromatic rings. The van der Waals surface area contributed by atoms with Crippen molar-refractivity contribution in [2.45, 2.75) is 33.4 Å². The van der Waals surface area contributed by atoms with Crippen LogP contribution in [0.1, 0.15) is 43.1 Å². The summed E-state index contributed by atoms with van der Waals surface area (Å²) in [5, 5.41) is 11.9. The predicted octanol–water partition coefficient (Wildman–Crippen LogP) is 4.25. The van der Waals surface area contributed by atoms with Gasteiger partial charge in [-0.15, -0.1) is 0 Å². The lowest BCUT2D eigenvalue weighted by Gasteiger charge is -2.19. The lowest BCUT2D eigenvalue weighted by atomic mass is 9.92. The first kappa shape index (κ1) is 16.3. The van der Waals surface area contributed by atoms with E-state index < -0.39 is 17.7 Å². The van der Waals surface area contributed by atoms with E-state index >= 15 is 0 Å². The molecule has 0 amide bonds. The Labute approximate surface area is 115 Å². The fourth-order valence-corrected chi connectivity index (χ4v) is 1.62. The molecule has 20 heavy (non-hydrogen) atoms. The van der Waals surface area contributed by atoms with E-state index in [1.807, 2.05) is 20.8 Å². The molecule has 0 aliphatic rings. The van der Waals surface area contributed by atoms with Gasteiger partial charge < -0.3 is 10.4 Å². The van der Waals surface area contributed by atoms with E-state index in [2.05, 4.69) is 5.32 Å². The van der Waals surface area contributed by atoms with E-state index in [4.69, 9.17) is 5.11 Å². The Morgan fingerprint density at radius 3 is 2.30 bits per heavy atom. The highest BCUT2D eigenvalue weighted by atomic mass is 19.4. The first-order chi connectivity index (χ1) is 9.00. The third-order valence-electron chi connectivity index (χ3n) is 2.77. The van der Waals surface area contributed by atoms with Gasteiger partial charge in [-0.05, 0) is 30.0 Å². The van der Waals surface area contributed by atoms with Crippen LogP contribution in [0.5, 0.6) is 0 Å². The van der Waals surface area contributed by atoms with E-state index in [1.165, 1.54) is 0 Å². The third-order valence-corrected chi connectivity index (χ3v) is 2.77. The van der Waals surface area contributed by atoms with Gasteiger partial charge in [0.15, 0.2) is 0 Å². The Morgan fingerprint density at radius 2 is 1.85 bits per heavy atom. The Bertz CT molecular complexity index is 490. The molecule has 0 saturated heterocycles. The molecular weight excluding hydrogens is 271 g/mol. The predicted molar refractivity (Wildman–Crippen MR) is 71.0 cm³/mol. The molecule has 0 aliphatic heterocycles. The molecule has 0 heterocycles. The van der Waals surface area contributed by atoms with E-state index in [0.717, 1.165) is 18.6 Å². The minimum Gasteiger partial charge on any atom is -0.478 e. The molecule has 3 nitrogen and oxygen atoms in total. The SMILES string of the molecule is CC(C)(C)CCNc1ccc(C(F)(F)F)cc1C(=O)O. The fourth-order valence-electron chi connectivity index (χ4n) is 1.62. The summed E-state index contributed by atoms with van der Waals surface area (Å²) < 4.78 is 37.7. The number of carboxylic acid groups (broad SMARTS) is 1. The van der Waals surface area contributed by atoms with Crippen molar-refractivity contribution in [2.75, 3.05) is 11.9 Å². The third kappa shape index (κ3) is 4.75. The zero-order valence-corrected chi connectivity index (χ0v) is 11.6. The van der Waals surface area contributed by atoms with Gasteiger partial charge in [-0.3, -0.25) is 0 Å². The second-order valence-corrected chi connectivity index (χ2v) is 5.80. The van der Waals surface area contributed by atoms with Crippen molar-refractivity contribution in [3.05, 3.63) is 29.3 Å². The van der Waals surface area contributed by atoms with E-state index in [9.17, 15) is 18.0 Å². The summed E-state index contributed by atoms with van der Waals surface area (Å²) in [5.41, 5.74) is -1.07. The van der Waals surface area contributed by atoms with Gasteiger partial charge in [-0.2, -0.15) is 13.2 Å². The molecule has 0 unspecified atom stereocenters. The largest absolute Gasteiger partial charge is 0.478 e. The number of anilines is 1. The van der Waals surface area contributed by atoms with Crippen molar-refractivity contribution in [1.29, 1.82) is 0 Å². The van der Waals surface area contributed by atoms with Crippen molar-refractivity contribution in [2.24, 2.45) is 5.41 Å². The van der Waals surface area contributed by atoms with Gasteiger partial charge in [0.05, 0.1) is 11.1 Å². The monoisotopic (exact) mass is 289 g/mol. The molecule has 2 N–H and O–H groups in total. The number of benzene rings is 1. The van der Waals surface area contributed by atoms with Gasteiger partial charge >= 0.3 is 12.1 Å². The number of hydrogen-bond acceptors (Lipinski definition) is 2. The molecule has 0 atom stereocenters. The van der Waals surface area contributed by atoms with Crippen molar-refractivity contribution in [3.8, 4) is 0 Å². The first-order valence-electron chi connectivity index (χ1n) is 6.19. The van der Waals surface area contributed by atoms with Gasteiger partial charge in [-0.25, -0.2) is 4.79 Å². The minimum absolute atomic E-state index is 0.0578. The van der Waals surface area contributed by atoms with Crippen LogP contribution in [0.25, 0.3) is 0 Å². The van der Waals surface area contributed by atoms with Gasteiger partial charge in [0.1, 0.15) is 0 Å². The molecule has 0 saturated carbocycles. The average molecular weight is 289 g/mol. The quantitative estimate of drug-likeness (QED) is 0.871. The molecule has 0 radical (unpaired) electrons. The second kappa shape index (κ2) is 5.73. The maximum atomic E-state index is 12.6. The average Bonchev–Trinajstić information content (AvgIpc) is 2.25. The molecule has 112 valence electrons. The van der Waals surface area contributed by atoms with Crippen LogP contribution in [-0.4, -0.2) is 17.6 Å². The number of rotatable bonds is 4. The second-order valence-electron chi connectivity index (χ2n) is 5.80. The standard InChI is InChI=1S/C14H18F3NO2/c1-13(2,3)6-7-18-11-5-4-9(14(15,16)17)8-10(11)12(19)20/h4-5,8,18H,6-7H2,1-3H3,(H,19,20). The highest BCUT2D eigenvalue weighted by molar-refractivity contribution is 5.94. The number of carboxylic acids is 1. The van der Waals surface area contributed by atoms with Crippen LogP contribution >= 0.6 is 0 Å². The molecule has 0 aliphatic carbocycles. The lowest BCUT2D eigenvalue weighted by molar-refractivity contribution is -0.137. The van der Waals surface area contributed by atoms with Crippen LogP contribution in [0.15, 0.2) is 18.2 Å². The van der Waals surface area contributed by atoms with Crippen LogP contribution in [0.2, 0.25) is 0 Å². The minimum atomic E-state index is -4.55. The summed E-state index contributed by atoms with van der Waals surface area (Å²) in [4.78, 5) is 11.1. The van der Waals surface area contributed by atoms with E-state index in [1.54, 1.807) is 0 Å². The zero-order chi connectivity index (χ0) is 15.6. The number of nitrogens with one attached hydrogen (secondary N) is 1. The van der Waals surface area contributed by atoms with Crippen LogP contribution in [0.4, 0.5) is 18.9 Å². The molecule has 1 aromatic carbocycles. The number of alkyl halides is 3. The van der Waals surface area contributed by atoms with Gasteiger partial charge in [-0.1, -0.05) is 20.8 Å². The first-order valence-corrected chi connectivity index (χ1v) is 6.19. The van der Waals surface area contributed by atoms with Gasteiger partial charge in [0, 0.05) is 12.2 Å². The summed E-state index contributed by atoms with van der Waals surface area (Å²) in [6, 6.07) is 2.70. The highest BCUT2D eigenvalue weighted by Gasteiger charge is 2.31. The Kier molecular flexibility index (Phi) is 4.68. The van der Waals surface area contributed by atoms with Crippen molar-refractivity contribution in [1.82, 2.24) is 0 Å². The van der Waals surface area contributed by atoms with Crippen molar-refractivity contribution < 1.29 is 23.1 Å². The summed E-state index contributed by atoms with van der Waals surface area (Å²) >= 11 is 0. The summed E-state index contributed by atoms with van der Waals surface area (Å²) in [6.07, 6.45) is -3.78. The van der Waals surface area contributed by atoms with Crippen molar-refractivity contribution in [3.63, 3.8) is 0 Å². The molecular formula is C14H18F3NO2. The number of carbonyl (C=O) groups is 1. The molecule has 0 fully saturated rings. The van der Waals surface area contributed by atoms with Crippen LogP contribution < -0.4 is 5.32 Å². The smallest absolute Gasteiger partial charge is 0.416 e. The summed E-state index contributed by atoms with van der Waals surface area (Å²) in [7, 11) is 0. The van der Waals surface area contributed by atoms with Crippen molar-refractivity contribution >= 4 is 11.7 Å². The zero-order valence-electron chi connectivity index (χ0n) is 11.6. The Morgan fingerprint density at radius 1 is 1.25 bits per heavy atom. The Hall–Kier alpha value is -1.72. The number of aromatic carboxylic acids is 1. The fraction of sp³-hybridized carbons (Fsp3) is 0.500. The van der Waals surface area contributed by atoms with Crippen LogP contribution in [0.3, 0.4) is 0 Å². The number of hydrogen-bond donors (Lipinski definition) is 2. The van der Waals surface area contributed by atoms with Crippen LogP contribution in [-0.2, 0) is 6.18 Å².